The van der Waals surface area contributed by atoms with E-state index in [0.717, 1.165) is 48.5 Å². The average Bonchev–Trinajstić information content (AvgIpc) is 3.15. The van der Waals surface area contributed by atoms with E-state index < -0.39 is 26.4 Å². The van der Waals surface area contributed by atoms with E-state index in [1.54, 1.807) is 6.07 Å². The molecule has 0 amide bonds. The molecule has 0 saturated carbocycles. The fraction of sp³-hybridized carbons (Fsp3) is 0.211. The Kier molecular flexibility index (Phi) is 5.56. The summed E-state index contributed by atoms with van der Waals surface area (Å²) < 4.78 is 53.9. The predicted molar refractivity (Wildman–Crippen MR) is 109 cm³/mol. The first-order chi connectivity index (χ1) is 13.9. The number of hydrogen-bond donors (Lipinski definition) is 1. The van der Waals surface area contributed by atoms with Gasteiger partial charge in [0.2, 0.25) is 14.2 Å². The number of aromatic nitrogens is 1. The van der Waals surface area contributed by atoms with Crippen molar-refractivity contribution in [3.63, 3.8) is 0 Å². The summed E-state index contributed by atoms with van der Waals surface area (Å²) in [6, 6.07) is 7.27. The zero-order valence-corrected chi connectivity index (χ0v) is 17.4. The third kappa shape index (κ3) is 4.00. The van der Waals surface area contributed by atoms with Gasteiger partial charge >= 0.3 is 0 Å². The van der Waals surface area contributed by atoms with Crippen LogP contribution in [-0.4, -0.2) is 31.4 Å². The second-order valence-corrected chi connectivity index (χ2v) is 9.96. The van der Waals surface area contributed by atoms with Crippen LogP contribution in [0.3, 0.4) is 0 Å². The van der Waals surface area contributed by atoms with Gasteiger partial charge in [0.15, 0.2) is 0 Å². The van der Waals surface area contributed by atoms with Crippen LogP contribution in [0.1, 0.15) is 12.0 Å². The minimum Gasteiger partial charge on any atom is -0.354 e. The van der Waals surface area contributed by atoms with E-state index in [1.807, 2.05) is 12.1 Å². The average molecular weight is 456 g/mol. The maximum absolute atomic E-state index is 14.7. The van der Waals surface area contributed by atoms with Gasteiger partial charge in [-0.1, -0.05) is 23.7 Å². The third-order valence-corrected chi connectivity index (χ3v) is 7.94. The molecule has 2 heterocycles. The Morgan fingerprint density at radius 2 is 1.93 bits per heavy atom. The minimum absolute atomic E-state index is 0.0658. The Labute approximate surface area is 175 Å². The van der Waals surface area contributed by atoms with Gasteiger partial charge in [-0.2, -0.15) is 0 Å². The van der Waals surface area contributed by atoms with Gasteiger partial charge < -0.3 is 5.32 Å². The van der Waals surface area contributed by atoms with Crippen LogP contribution in [0.4, 0.5) is 20.2 Å². The number of nitrogens with one attached hydrogen (secondary N) is 1. The van der Waals surface area contributed by atoms with Crippen LogP contribution in [0.5, 0.6) is 0 Å². The molecule has 29 heavy (non-hydrogen) atoms. The zero-order chi connectivity index (χ0) is 20.6. The molecule has 10 heteroatoms. The van der Waals surface area contributed by atoms with Crippen molar-refractivity contribution in [3.05, 3.63) is 64.1 Å². The van der Waals surface area contributed by atoms with Crippen molar-refractivity contribution in [1.29, 1.82) is 0 Å². The van der Waals surface area contributed by atoms with Gasteiger partial charge in [0.25, 0.3) is 0 Å². The molecule has 2 aromatic carbocycles. The van der Waals surface area contributed by atoms with E-state index >= 15 is 0 Å². The summed E-state index contributed by atoms with van der Waals surface area (Å²) in [7, 11) is -4.38. The lowest BCUT2D eigenvalue weighted by Gasteiger charge is -2.31. The molecule has 5 nitrogen and oxygen atoms in total. The molecule has 0 aliphatic carbocycles. The Morgan fingerprint density at radius 1 is 1.21 bits per heavy atom. The molecule has 1 aromatic heterocycles. The number of thiazole rings is 1. The number of rotatable bonds is 6. The molecule has 0 unspecified atom stereocenters. The van der Waals surface area contributed by atoms with Crippen LogP contribution in [0.2, 0.25) is 5.02 Å². The van der Waals surface area contributed by atoms with Gasteiger partial charge in [-0.25, -0.2) is 22.2 Å². The second kappa shape index (κ2) is 7.98. The number of para-hydroxylation sites is 1. The molecular weight excluding hydrogens is 440 g/mol. The normalized spacial score (nSPS) is 14.6. The van der Waals surface area contributed by atoms with Crippen molar-refractivity contribution in [1.82, 2.24) is 9.88 Å². The summed E-state index contributed by atoms with van der Waals surface area (Å²) in [6.07, 6.45) is 2.40. The number of likely N-dealkylation sites (tertiary alicyclic amines) is 1. The van der Waals surface area contributed by atoms with Crippen molar-refractivity contribution in [2.45, 2.75) is 22.2 Å². The first kappa shape index (κ1) is 20.2. The van der Waals surface area contributed by atoms with Gasteiger partial charge in [-0.05, 0) is 43.3 Å². The summed E-state index contributed by atoms with van der Waals surface area (Å²) in [5.74, 6) is -2.39. The van der Waals surface area contributed by atoms with Crippen LogP contribution in [0.15, 0.2) is 51.1 Å². The highest BCUT2D eigenvalue weighted by Gasteiger charge is 2.29. The minimum atomic E-state index is -4.38. The standard InChI is InChI=1S/C19H16ClF2N3O2S2/c20-14-4-1-3-12(11-25-6-2-7-25)17(14)24-13-9-15(21)18(16(22)10-13)29(26,27)19-23-5-8-28-19/h1,3-5,8-10,24H,2,6-7,11H2. The van der Waals surface area contributed by atoms with Gasteiger partial charge in [0, 0.05) is 23.8 Å². The highest BCUT2D eigenvalue weighted by molar-refractivity contribution is 7.93. The molecule has 0 spiro atoms. The Balaban J connectivity index is 1.68. The highest BCUT2D eigenvalue weighted by atomic mass is 35.5. The lowest BCUT2D eigenvalue weighted by atomic mass is 10.1. The summed E-state index contributed by atoms with van der Waals surface area (Å²) >= 11 is 7.10. The van der Waals surface area contributed by atoms with E-state index in [-0.39, 0.29) is 10.0 Å². The Hall–Kier alpha value is -2.07. The first-order valence-electron chi connectivity index (χ1n) is 8.76. The van der Waals surface area contributed by atoms with E-state index in [9.17, 15) is 17.2 Å². The van der Waals surface area contributed by atoms with E-state index in [1.165, 1.54) is 11.6 Å². The summed E-state index contributed by atoms with van der Waals surface area (Å²) in [5.41, 5.74) is 1.49. The molecule has 1 saturated heterocycles. The molecule has 1 N–H and O–H groups in total. The number of hydrogen-bond acceptors (Lipinski definition) is 6. The molecule has 4 rings (SSSR count). The second-order valence-electron chi connectivity index (χ2n) is 6.60. The molecule has 1 aliphatic heterocycles. The number of sulfone groups is 1. The van der Waals surface area contributed by atoms with E-state index in [2.05, 4.69) is 15.2 Å². The van der Waals surface area contributed by atoms with Crippen molar-refractivity contribution in [3.8, 4) is 0 Å². The van der Waals surface area contributed by atoms with Gasteiger partial charge in [-0.3, -0.25) is 4.90 Å². The summed E-state index contributed by atoms with van der Waals surface area (Å²) in [5, 5.41) is 4.78. The van der Waals surface area contributed by atoms with Crippen molar-refractivity contribution in [2.75, 3.05) is 18.4 Å². The number of halogens is 3. The highest BCUT2D eigenvalue weighted by Crippen LogP contribution is 2.34. The van der Waals surface area contributed by atoms with Crippen molar-refractivity contribution in [2.24, 2.45) is 0 Å². The Bertz CT molecular complexity index is 1130. The molecule has 152 valence electrons. The number of nitrogens with zero attached hydrogens (tertiary/aromatic N) is 2. The van der Waals surface area contributed by atoms with Gasteiger partial charge in [-0.15, -0.1) is 11.3 Å². The fourth-order valence-electron chi connectivity index (χ4n) is 3.08. The van der Waals surface area contributed by atoms with Crippen LogP contribution in [-0.2, 0) is 16.4 Å². The molecule has 3 aromatic rings. The topological polar surface area (TPSA) is 62.3 Å². The van der Waals surface area contributed by atoms with Crippen LogP contribution >= 0.6 is 22.9 Å². The van der Waals surface area contributed by atoms with Gasteiger partial charge in [0.1, 0.15) is 16.5 Å². The van der Waals surface area contributed by atoms with Crippen molar-refractivity contribution < 1.29 is 17.2 Å². The van der Waals surface area contributed by atoms with Gasteiger partial charge in [0.05, 0.1) is 10.7 Å². The lowest BCUT2D eigenvalue weighted by Crippen LogP contribution is -2.36. The number of anilines is 2. The first-order valence-corrected chi connectivity index (χ1v) is 11.5. The van der Waals surface area contributed by atoms with Crippen LogP contribution in [0.25, 0.3) is 0 Å². The van der Waals surface area contributed by atoms with Crippen molar-refractivity contribution >= 4 is 44.1 Å². The SMILES string of the molecule is O=S(=O)(c1nccs1)c1c(F)cc(Nc2c(Cl)cccc2CN2CCC2)cc1F. The largest absolute Gasteiger partial charge is 0.354 e. The predicted octanol–water partition coefficient (Wildman–Crippen LogP) is 4.86. The maximum Gasteiger partial charge on any atom is 0.239 e. The number of benzene rings is 2. The molecule has 0 radical (unpaired) electrons. The fourth-order valence-corrected chi connectivity index (χ4v) is 5.61. The molecule has 1 aliphatic rings. The molecule has 1 fully saturated rings. The lowest BCUT2D eigenvalue weighted by molar-refractivity contribution is 0.173. The summed E-state index contributed by atoms with van der Waals surface area (Å²) in [6.45, 7) is 2.63. The van der Waals surface area contributed by atoms with Crippen LogP contribution < -0.4 is 5.32 Å². The molecular formula is C19H16ClF2N3O2S2. The third-order valence-electron chi connectivity index (χ3n) is 4.62. The molecule has 0 bridgehead atoms. The smallest absolute Gasteiger partial charge is 0.239 e. The van der Waals surface area contributed by atoms with E-state index in [4.69, 9.17) is 11.6 Å². The van der Waals surface area contributed by atoms with E-state index in [0.29, 0.717) is 17.3 Å². The quantitative estimate of drug-likeness (QED) is 0.575. The monoisotopic (exact) mass is 455 g/mol. The Morgan fingerprint density at radius 3 is 2.52 bits per heavy atom. The summed E-state index contributed by atoms with van der Waals surface area (Å²) in [4.78, 5) is 4.87. The molecule has 0 atom stereocenters. The zero-order valence-electron chi connectivity index (χ0n) is 15.0. The van der Waals surface area contributed by atoms with Crippen LogP contribution in [0, 0.1) is 11.6 Å². The maximum atomic E-state index is 14.7.